The SMILES string of the molecule is COc1ccc(-n2cnc3cc(C(=O)NCC(O)c4ccccc4)ccc3c2=O)cc1Cl. The number of nitrogens with one attached hydrogen (secondary N) is 1. The van der Waals surface area contributed by atoms with Crippen LogP contribution < -0.4 is 15.6 Å². The van der Waals surface area contributed by atoms with Crippen molar-refractivity contribution in [2.24, 2.45) is 0 Å². The van der Waals surface area contributed by atoms with Gasteiger partial charge in [-0.2, -0.15) is 0 Å². The number of nitrogens with zero attached hydrogens (tertiary/aromatic N) is 2. The highest BCUT2D eigenvalue weighted by molar-refractivity contribution is 6.32. The maximum atomic E-state index is 13.0. The number of amides is 1. The van der Waals surface area contributed by atoms with Crippen LogP contribution in [0.1, 0.15) is 22.0 Å². The van der Waals surface area contributed by atoms with Gasteiger partial charge in [-0.05, 0) is 42.0 Å². The molecular formula is C24H20ClN3O4. The topological polar surface area (TPSA) is 93.5 Å². The van der Waals surface area contributed by atoms with Gasteiger partial charge in [-0.15, -0.1) is 0 Å². The Bertz CT molecular complexity index is 1340. The minimum atomic E-state index is -0.817. The molecule has 0 radical (unpaired) electrons. The summed E-state index contributed by atoms with van der Waals surface area (Å²) in [4.78, 5) is 29.8. The van der Waals surface area contributed by atoms with Crippen molar-refractivity contribution in [3.63, 3.8) is 0 Å². The Kier molecular flexibility index (Phi) is 6.20. The molecule has 1 aromatic heterocycles. The molecule has 0 bridgehead atoms. The van der Waals surface area contributed by atoms with Gasteiger partial charge < -0.3 is 15.2 Å². The molecule has 0 saturated heterocycles. The molecule has 1 amide bonds. The van der Waals surface area contributed by atoms with Crippen molar-refractivity contribution >= 4 is 28.4 Å². The summed E-state index contributed by atoms with van der Waals surface area (Å²) >= 11 is 6.17. The Morgan fingerprint density at radius 1 is 1.16 bits per heavy atom. The maximum absolute atomic E-state index is 13.0. The molecule has 0 spiro atoms. The van der Waals surface area contributed by atoms with E-state index >= 15 is 0 Å². The van der Waals surface area contributed by atoms with E-state index in [2.05, 4.69) is 10.3 Å². The fourth-order valence-electron chi connectivity index (χ4n) is 3.34. The average molecular weight is 450 g/mol. The first-order chi connectivity index (χ1) is 15.5. The van der Waals surface area contributed by atoms with E-state index in [4.69, 9.17) is 16.3 Å². The molecule has 8 heteroatoms. The molecule has 1 heterocycles. The summed E-state index contributed by atoms with van der Waals surface area (Å²) in [5.41, 5.74) is 1.71. The molecule has 0 aliphatic carbocycles. The number of aliphatic hydroxyl groups is 1. The molecule has 3 aromatic carbocycles. The van der Waals surface area contributed by atoms with Gasteiger partial charge in [-0.25, -0.2) is 4.98 Å². The zero-order valence-electron chi connectivity index (χ0n) is 17.2. The van der Waals surface area contributed by atoms with Gasteiger partial charge in [0, 0.05) is 12.1 Å². The predicted octanol–water partition coefficient (Wildman–Crippen LogP) is 3.51. The molecule has 7 nitrogen and oxygen atoms in total. The Morgan fingerprint density at radius 3 is 2.66 bits per heavy atom. The summed E-state index contributed by atoms with van der Waals surface area (Å²) in [6.45, 7) is 0.0636. The number of aliphatic hydroxyl groups excluding tert-OH is 1. The van der Waals surface area contributed by atoms with E-state index in [0.717, 1.165) is 0 Å². The Hall–Kier alpha value is -3.68. The van der Waals surface area contributed by atoms with Crippen molar-refractivity contribution in [3.05, 3.63) is 99.6 Å². The lowest BCUT2D eigenvalue weighted by atomic mass is 10.1. The molecule has 4 rings (SSSR count). The van der Waals surface area contributed by atoms with E-state index in [1.807, 2.05) is 18.2 Å². The zero-order chi connectivity index (χ0) is 22.7. The predicted molar refractivity (Wildman–Crippen MR) is 123 cm³/mol. The lowest BCUT2D eigenvalue weighted by Gasteiger charge is -2.12. The Morgan fingerprint density at radius 2 is 1.94 bits per heavy atom. The summed E-state index contributed by atoms with van der Waals surface area (Å²) in [5.74, 6) is 0.139. The second-order valence-corrected chi connectivity index (χ2v) is 7.51. The molecule has 32 heavy (non-hydrogen) atoms. The number of hydrogen-bond acceptors (Lipinski definition) is 5. The lowest BCUT2D eigenvalue weighted by molar-refractivity contribution is 0.0916. The van der Waals surface area contributed by atoms with Gasteiger partial charge in [0.05, 0.1) is 34.8 Å². The first-order valence-electron chi connectivity index (χ1n) is 9.84. The molecule has 4 aromatic rings. The van der Waals surface area contributed by atoms with E-state index in [9.17, 15) is 14.7 Å². The van der Waals surface area contributed by atoms with Gasteiger partial charge >= 0.3 is 0 Å². The minimum absolute atomic E-state index is 0.0636. The molecule has 1 atom stereocenters. The van der Waals surface area contributed by atoms with Crippen LogP contribution in [0.3, 0.4) is 0 Å². The van der Waals surface area contributed by atoms with Gasteiger partial charge in [-0.1, -0.05) is 41.9 Å². The van der Waals surface area contributed by atoms with Crippen LogP contribution in [0.15, 0.2) is 77.9 Å². The standard InChI is InChI=1S/C24H20ClN3O4/c1-32-22-10-8-17(12-19(22)25)28-14-27-20-11-16(7-9-18(20)24(28)31)23(30)26-13-21(29)15-5-3-2-4-6-15/h2-12,14,21,29H,13H2,1H3,(H,26,30). The van der Waals surface area contributed by atoms with E-state index in [-0.39, 0.29) is 18.0 Å². The van der Waals surface area contributed by atoms with Crippen LogP contribution in [0.25, 0.3) is 16.6 Å². The minimum Gasteiger partial charge on any atom is -0.495 e. The second-order valence-electron chi connectivity index (χ2n) is 7.11. The largest absolute Gasteiger partial charge is 0.495 e. The van der Waals surface area contributed by atoms with E-state index in [0.29, 0.717) is 38.5 Å². The van der Waals surface area contributed by atoms with E-state index < -0.39 is 6.10 Å². The number of aromatic nitrogens is 2. The quantitative estimate of drug-likeness (QED) is 0.470. The maximum Gasteiger partial charge on any atom is 0.265 e. The Labute approximate surface area is 188 Å². The molecule has 2 N–H and O–H groups in total. The highest BCUT2D eigenvalue weighted by atomic mass is 35.5. The number of halogens is 1. The van der Waals surface area contributed by atoms with Crippen molar-refractivity contribution < 1.29 is 14.6 Å². The third-order valence-corrected chi connectivity index (χ3v) is 5.37. The smallest absolute Gasteiger partial charge is 0.265 e. The molecule has 0 fully saturated rings. The van der Waals surface area contributed by atoms with Gasteiger partial charge in [0.25, 0.3) is 11.5 Å². The van der Waals surface area contributed by atoms with Crippen molar-refractivity contribution in [1.29, 1.82) is 0 Å². The van der Waals surface area contributed by atoms with Crippen LogP contribution in [-0.4, -0.2) is 34.2 Å². The van der Waals surface area contributed by atoms with Crippen molar-refractivity contribution in [1.82, 2.24) is 14.9 Å². The van der Waals surface area contributed by atoms with Gasteiger partial charge in [0.15, 0.2) is 0 Å². The number of hydrogen-bond donors (Lipinski definition) is 2. The first-order valence-corrected chi connectivity index (χ1v) is 10.2. The summed E-state index contributed by atoms with van der Waals surface area (Å²) in [6, 6.07) is 18.7. The van der Waals surface area contributed by atoms with Crippen molar-refractivity contribution in [3.8, 4) is 11.4 Å². The third kappa shape index (κ3) is 4.34. The molecule has 0 saturated carbocycles. The number of fused-ring (bicyclic) bond motifs is 1. The molecule has 1 unspecified atom stereocenters. The number of carbonyl (C=O) groups is 1. The van der Waals surface area contributed by atoms with Crippen LogP contribution in [0.5, 0.6) is 5.75 Å². The van der Waals surface area contributed by atoms with Crippen molar-refractivity contribution in [2.75, 3.05) is 13.7 Å². The monoisotopic (exact) mass is 449 g/mol. The van der Waals surface area contributed by atoms with Crippen LogP contribution >= 0.6 is 11.6 Å². The highest BCUT2D eigenvalue weighted by Crippen LogP contribution is 2.26. The lowest BCUT2D eigenvalue weighted by Crippen LogP contribution is -2.28. The molecule has 0 aliphatic rings. The van der Waals surface area contributed by atoms with E-state index in [1.165, 1.54) is 18.0 Å². The fourth-order valence-corrected chi connectivity index (χ4v) is 3.59. The Balaban J connectivity index is 1.56. The normalized spacial score (nSPS) is 11.8. The number of carbonyl (C=O) groups excluding carboxylic acids is 1. The summed E-state index contributed by atoms with van der Waals surface area (Å²) in [5, 5.41) is 13.7. The van der Waals surface area contributed by atoms with Gasteiger partial charge in [-0.3, -0.25) is 14.2 Å². The molecule has 0 aliphatic heterocycles. The van der Waals surface area contributed by atoms with Crippen LogP contribution in [0.2, 0.25) is 5.02 Å². The van der Waals surface area contributed by atoms with Gasteiger partial charge in [0.2, 0.25) is 0 Å². The van der Waals surface area contributed by atoms with Crippen LogP contribution in [0.4, 0.5) is 0 Å². The second kappa shape index (κ2) is 9.21. The summed E-state index contributed by atoms with van der Waals surface area (Å²) in [6.07, 6.45) is 0.575. The molecular weight excluding hydrogens is 430 g/mol. The van der Waals surface area contributed by atoms with Crippen LogP contribution in [-0.2, 0) is 0 Å². The number of benzene rings is 3. The average Bonchev–Trinajstić information content (AvgIpc) is 2.82. The van der Waals surface area contributed by atoms with Crippen molar-refractivity contribution in [2.45, 2.75) is 6.10 Å². The molecule has 162 valence electrons. The summed E-state index contributed by atoms with van der Waals surface area (Å²) in [7, 11) is 1.51. The highest BCUT2D eigenvalue weighted by Gasteiger charge is 2.13. The fraction of sp³-hybridized carbons (Fsp3) is 0.125. The number of ether oxygens (including phenoxy) is 1. The zero-order valence-corrected chi connectivity index (χ0v) is 17.9. The van der Waals surface area contributed by atoms with Crippen LogP contribution in [0, 0.1) is 0 Å². The first kappa shape index (κ1) is 21.5. The summed E-state index contributed by atoms with van der Waals surface area (Å²) < 4.78 is 6.52. The number of methoxy groups -OCH3 is 1. The number of rotatable bonds is 6. The van der Waals surface area contributed by atoms with Gasteiger partial charge in [0.1, 0.15) is 12.1 Å². The third-order valence-electron chi connectivity index (χ3n) is 5.08. The van der Waals surface area contributed by atoms with E-state index in [1.54, 1.807) is 48.5 Å².